The first-order valence-corrected chi connectivity index (χ1v) is 11.3. The number of methoxy groups -OCH3 is 1. The lowest BCUT2D eigenvalue weighted by molar-refractivity contribution is 0.0499. The maximum Gasteiger partial charge on any atom is 0.341 e. The number of ether oxygens (including phenoxy) is 4. The third kappa shape index (κ3) is 7.08. The Morgan fingerprint density at radius 3 is 2.17 bits per heavy atom. The van der Waals surface area contributed by atoms with E-state index in [1.807, 2.05) is 0 Å². The van der Waals surface area contributed by atoms with Crippen molar-refractivity contribution >= 4 is 46.9 Å². The number of aromatic nitrogens is 1. The minimum atomic E-state index is -0.531. The summed E-state index contributed by atoms with van der Waals surface area (Å²) in [5.74, 6) is -0.781. The van der Waals surface area contributed by atoms with Crippen molar-refractivity contribution in [3.05, 3.63) is 65.4 Å². The number of anilines is 1. The fourth-order valence-electron chi connectivity index (χ4n) is 3.35. The van der Waals surface area contributed by atoms with Gasteiger partial charge in [-0.2, -0.15) is 0 Å². The van der Waals surface area contributed by atoms with Crippen molar-refractivity contribution in [2.24, 2.45) is 0 Å². The van der Waals surface area contributed by atoms with Crippen LogP contribution < -0.4 is 10.1 Å². The average molecular weight is 517 g/mol. The van der Waals surface area contributed by atoms with E-state index in [1.54, 1.807) is 63.4 Å². The van der Waals surface area contributed by atoms with Crippen LogP contribution in [0.3, 0.4) is 0 Å². The first-order chi connectivity index (χ1) is 17.0. The van der Waals surface area contributed by atoms with Crippen LogP contribution in [0.1, 0.15) is 51.3 Å². The number of nitrogens with zero attached hydrogens (tertiary/aromatic N) is 1. The van der Waals surface area contributed by atoms with Crippen molar-refractivity contribution in [1.29, 1.82) is 0 Å². The summed E-state index contributed by atoms with van der Waals surface area (Å²) < 4.78 is 20.7. The van der Waals surface area contributed by atoms with Crippen LogP contribution in [0.4, 0.5) is 5.69 Å². The molecular weight excluding hydrogens is 488 g/mol. The van der Waals surface area contributed by atoms with Gasteiger partial charge in [-0.05, 0) is 62.7 Å². The minimum absolute atomic E-state index is 0. The van der Waals surface area contributed by atoms with Gasteiger partial charge in [0, 0.05) is 18.1 Å². The molecule has 0 bridgehead atoms. The lowest BCUT2D eigenvalue weighted by atomic mass is 10.1. The van der Waals surface area contributed by atoms with Crippen LogP contribution in [0.25, 0.3) is 10.9 Å². The van der Waals surface area contributed by atoms with E-state index in [0.717, 1.165) is 0 Å². The summed E-state index contributed by atoms with van der Waals surface area (Å²) in [6.45, 7) is 4.47. The fourth-order valence-corrected chi connectivity index (χ4v) is 3.35. The van der Waals surface area contributed by atoms with Gasteiger partial charge in [0.25, 0.3) is 0 Å². The van der Waals surface area contributed by atoms with Crippen LogP contribution in [-0.2, 0) is 14.2 Å². The summed E-state index contributed by atoms with van der Waals surface area (Å²) >= 11 is 0. The van der Waals surface area contributed by atoms with E-state index >= 15 is 0 Å². The maximum absolute atomic E-state index is 12.5. The van der Waals surface area contributed by atoms with Gasteiger partial charge in [0.2, 0.25) is 0 Å². The molecule has 36 heavy (non-hydrogen) atoms. The number of esters is 3. The Morgan fingerprint density at radius 1 is 0.861 bits per heavy atom. The van der Waals surface area contributed by atoms with E-state index in [1.165, 1.54) is 6.20 Å². The molecular formula is C26H29ClN2O7. The normalized spacial score (nSPS) is 10.2. The van der Waals surface area contributed by atoms with Gasteiger partial charge in [-0.25, -0.2) is 14.4 Å². The predicted molar refractivity (Wildman–Crippen MR) is 137 cm³/mol. The molecule has 1 aromatic heterocycles. The third-order valence-electron chi connectivity index (χ3n) is 5.06. The standard InChI is InChI=1S/C26H28N2O7.ClH/c1-4-33-25(30)18-9-12-22-20(15-18)23(21(16-28-22)26(31)34-5-2)27-13-6-14-35-24(29)17-7-10-19(32-3)11-8-17;/h7-12,15-16H,4-6,13-14H2,1-3H3,(H,27,28);1H. The fraction of sp³-hybridized carbons (Fsp3) is 0.308. The summed E-state index contributed by atoms with van der Waals surface area (Å²) in [7, 11) is 1.55. The lowest BCUT2D eigenvalue weighted by Crippen LogP contribution is -2.14. The summed E-state index contributed by atoms with van der Waals surface area (Å²) in [5.41, 5.74) is 2.10. The van der Waals surface area contributed by atoms with E-state index in [0.29, 0.717) is 46.4 Å². The van der Waals surface area contributed by atoms with Crippen molar-refractivity contribution in [3.63, 3.8) is 0 Å². The zero-order valence-electron chi connectivity index (χ0n) is 20.4. The summed E-state index contributed by atoms with van der Waals surface area (Å²) in [6, 6.07) is 11.6. The van der Waals surface area contributed by atoms with E-state index < -0.39 is 17.9 Å². The van der Waals surface area contributed by atoms with Crippen molar-refractivity contribution in [3.8, 4) is 5.75 Å². The molecule has 0 saturated heterocycles. The second kappa shape index (κ2) is 13.9. The van der Waals surface area contributed by atoms with Crippen LogP contribution in [-0.4, -0.2) is 56.4 Å². The molecule has 1 N–H and O–H groups in total. The molecule has 0 spiro atoms. The van der Waals surface area contributed by atoms with Gasteiger partial charge in [-0.15, -0.1) is 12.4 Å². The molecule has 2 aromatic carbocycles. The quantitative estimate of drug-likeness (QED) is 0.220. The second-order valence-electron chi connectivity index (χ2n) is 7.36. The zero-order valence-corrected chi connectivity index (χ0v) is 21.2. The molecule has 0 radical (unpaired) electrons. The van der Waals surface area contributed by atoms with Gasteiger partial charge in [-0.1, -0.05) is 0 Å². The van der Waals surface area contributed by atoms with Gasteiger partial charge < -0.3 is 24.3 Å². The molecule has 0 aliphatic carbocycles. The highest BCUT2D eigenvalue weighted by Crippen LogP contribution is 2.28. The molecule has 0 amide bonds. The predicted octanol–water partition coefficient (Wildman–Crippen LogP) is 4.68. The smallest absolute Gasteiger partial charge is 0.341 e. The van der Waals surface area contributed by atoms with Crippen molar-refractivity contribution in [1.82, 2.24) is 4.98 Å². The van der Waals surface area contributed by atoms with Crippen LogP contribution in [0.5, 0.6) is 5.75 Å². The summed E-state index contributed by atoms with van der Waals surface area (Å²) in [6.07, 6.45) is 1.92. The largest absolute Gasteiger partial charge is 0.497 e. The van der Waals surface area contributed by atoms with Gasteiger partial charge in [0.1, 0.15) is 11.3 Å². The first kappa shape index (κ1) is 28.4. The number of carbonyl (C=O) groups excluding carboxylic acids is 3. The van der Waals surface area contributed by atoms with Gasteiger partial charge >= 0.3 is 17.9 Å². The van der Waals surface area contributed by atoms with Gasteiger partial charge in [0.05, 0.1) is 49.3 Å². The maximum atomic E-state index is 12.5. The Labute approximate surface area is 215 Å². The highest BCUT2D eigenvalue weighted by atomic mass is 35.5. The molecule has 10 heteroatoms. The zero-order chi connectivity index (χ0) is 25.2. The number of fused-ring (bicyclic) bond motifs is 1. The molecule has 1 heterocycles. The van der Waals surface area contributed by atoms with E-state index in [2.05, 4.69) is 10.3 Å². The number of hydrogen-bond donors (Lipinski definition) is 1. The molecule has 0 aliphatic rings. The summed E-state index contributed by atoms with van der Waals surface area (Å²) in [5, 5.41) is 3.80. The van der Waals surface area contributed by atoms with Crippen molar-refractivity contribution in [2.75, 3.05) is 38.8 Å². The van der Waals surface area contributed by atoms with E-state index in [-0.39, 0.29) is 37.8 Å². The lowest BCUT2D eigenvalue weighted by Gasteiger charge is -2.15. The molecule has 9 nitrogen and oxygen atoms in total. The molecule has 0 unspecified atom stereocenters. The highest BCUT2D eigenvalue weighted by Gasteiger charge is 2.18. The second-order valence-corrected chi connectivity index (χ2v) is 7.36. The van der Waals surface area contributed by atoms with Crippen LogP contribution >= 0.6 is 12.4 Å². The topological polar surface area (TPSA) is 113 Å². The number of halogens is 1. The average Bonchev–Trinajstić information content (AvgIpc) is 2.88. The van der Waals surface area contributed by atoms with E-state index in [4.69, 9.17) is 18.9 Å². The number of hydrogen-bond acceptors (Lipinski definition) is 9. The first-order valence-electron chi connectivity index (χ1n) is 11.3. The Morgan fingerprint density at radius 2 is 1.50 bits per heavy atom. The molecule has 0 fully saturated rings. The Hall–Kier alpha value is -3.85. The molecule has 3 rings (SSSR count). The molecule has 192 valence electrons. The van der Waals surface area contributed by atoms with Crippen LogP contribution in [0.15, 0.2) is 48.7 Å². The van der Waals surface area contributed by atoms with Crippen LogP contribution in [0.2, 0.25) is 0 Å². The SMILES string of the molecule is CCOC(=O)c1ccc2ncc(C(=O)OCC)c(NCCCOC(=O)c3ccc(OC)cc3)c2c1.Cl. The van der Waals surface area contributed by atoms with Crippen molar-refractivity contribution < 1.29 is 33.3 Å². The van der Waals surface area contributed by atoms with Crippen molar-refractivity contribution in [2.45, 2.75) is 20.3 Å². The van der Waals surface area contributed by atoms with Gasteiger partial charge in [-0.3, -0.25) is 4.98 Å². The third-order valence-corrected chi connectivity index (χ3v) is 5.06. The Balaban J connectivity index is 0.00000456. The number of rotatable bonds is 11. The molecule has 3 aromatic rings. The molecule has 0 saturated carbocycles. The number of carbonyl (C=O) groups is 3. The number of nitrogens with one attached hydrogen (secondary N) is 1. The highest BCUT2D eigenvalue weighted by molar-refractivity contribution is 6.06. The monoisotopic (exact) mass is 516 g/mol. The number of benzene rings is 2. The van der Waals surface area contributed by atoms with Crippen LogP contribution in [0, 0.1) is 0 Å². The Kier molecular flexibility index (Phi) is 11.0. The van der Waals surface area contributed by atoms with E-state index in [9.17, 15) is 14.4 Å². The molecule has 0 atom stereocenters. The Bertz CT molecular complexity index is 1190. The summed E-state index contributed by atoms with van der Waals surface area (Å²) in [4.78, 5) is 41.3. The molecule has 0 aliphatic heterocycles. The number of pyridine rings is 1. The minimum Gasteiger partial charge on any atom is -0.497 e. The van der Waals surface area contributed by atoms with Gasteiger partial charge in [0.15, 0.2) is 0 Å².